The molecular formula is C13H14N2O4. The molecule has 0 radical (unpaired) electrons. The third kappa shape index (κ3) is 2.09. The fourth-order valence-electron chi connectivity index (χ4n) is 2.16. The van der Waals surface area contributed by atoms with Gasteiger partial charge in [0.1, 0.15) is 0 Å². The van der Waals surface area contributed by atoms with E-state index in [9.17, 15) is 9.90 Å². The molecule has 0 unspecified atom stereocenters. The zero-order valence-electron chi connectivity index (χ0n) is 10.3. The Morgan fingerprint density at radius 1 is 1.32 bits per heavy atom. The molecule has 1 fully saturated rings. The predicted molar refractivity (Wildman–Crippen MR) is 66.5 cm³/mol. The van der Waals surface area contributed by atoms with Gasteiger partial charge in [0.2, 0.25) is 0 Å². The van der Waals surface area contributed by atoms with Crippen LogP contribution in [0.25, 0.3) is 11.4 Å². The average Bonchev–Trinajstić information content (AvgIpc) is 2.76. The number of ether oxygens (including phenoxy) is 1. The minimum atomic E-state index is -0.515. The molecule has 6 nitrogen and oxygen atoms in total. The quantitative estimate of drug-likeness (QED) is 0.868. The van der Waals surface area contributed by atoms with Gasteiger partial charge in [-0.05, 0) is 0 Å². The molecule has 1 aliphatic rings. The van der Waals surface area contributed by atoms with Crippen LogP contribution < -0.4 is 5.76 Å². The Morgan fingerprint density at radius 2 is 2.05 bits per heavy atom. The topological polar surface area (TPSA) is 77.5 Å². The SMILES string of the molecule is O=c1onc(-c2ccccc2)n1CC1(CO)COC1. The molecule has 0 amide bonds. The minimum absolute atomic E-state index is 0.0289. The molecule has 0 saturated carbocycles. The van der Waals surface area contributed by atoms with Crippen molar-refractivity contribution in [3.63, 3.8) is 0 Å². The predicted octanol–water partition coefficient (Wildman–Crippen LogP) is 0.512. The number of aliphatic hydroxyl groups is 1. The Hall–Kier alpha value is -1.92. The summed E-state index contributed by atoms with van der Waals surface area (Å²) in [5.74, 6) is -0.0381. The summed E-state index contributed by atoms with van der Waals surface area (Å²) in [6, 6.07) is 9.34. The van der Waals surface area contributed by atoms with E-state index in [2.05, 4.69) is 5.16 Å². The van der Waals surface area contributed by atoms with Crippen LogP contribution >= 0.6 is 0 Å². The summed E-state index contributed by atoms with van der Waals surface area (Å²) >= 11 is 0. The van der Waals surface area contributed by atoms with Gasteiger partial charge in [0, 0.05) is 12.1 Å². The van der Waals surface area contributed by atoms with Crippen molar-refractivity contribution in [2.24, 2.45) is 5.41 Å². The number of aromatic nitrogens is 2. The minimum Gasteiger partial charge on any atom is -0.396 e. The highest BCUT2D eigenvalue weighted by Crippen LogP contribution is 2.29. The highest BCUT2D eigenvalue weighted by molar-refractivity contribution is 5.54. The van der Waals surface area contributed by atoms with Crippen LogP contribution in [-0.2, 0) is 11.3 Å². The molecule has 0 bridgehead atoms. The molecule has 1 aromatic heterocycles. The largest absolute Gasteiger partial charge is 0.441 e. The van der Waals surface area contributed by atoms with E-state index in [1.54, 1.807) is 0 Å². The molecule has 0 atom stereocenters. The lowest BCUT2D eigenvalue weighted by Crippen LogP contribution is -2.49. The maximum Gasteiger partial charge on any atom is 0.441 e. The molecule has 2 heterocycles. The van der Waals surface area contributed by atoms with E-state index in [-0.39, 0.29) is 6.61 Å². The van der Waals surface area contributed by atoms with Crippen LogP contribution in [0, 0.1) is 5.41 Å². The van der Waals surface area contributed by atoms with Crippen molar-refractivity contribution in [3.05, 3.63) is 40.9 Å². The lowest BCUT2D eigenvalue weighted by Gasteiger charge is -2.39. The Labute approximate surface area is 109 Å². The summed E-state index contributed by atoms with van der Waals surface area (Å²) in [5.41, 5.74) is 0.403. The van der Waals surface area contributed by atoms with Crippen LogP contribution in [0.15, 0.2) is 39.6 Å². The standard InChI is InChI=1S/C13H14N2O4/c16-7-13(8-18-9-13)6-15-11(14-19-12(15)17)10-4-2-1-3-5-10/h1-5,16H,6-9H2. The van der Waals surface area contributed by atoms with Gasteiger partial charge in [0.15, 0.2) is 5.82 Å². The first-order chi connectivity index (χ1) is 9.24. The second-order valence-electron chi connectivity index (χ2n) is 4.88. The smallest absolute Gasteiger partial charge is 0.396 e. The van der Waals surface area contributed by atoms with Gasteiger partial charge in [-0.1, -0.05) is 35.5 Å². The normalized spacial score (nSPS) is 17.1. The van der Waals surface area contributed by atoms with Crippen molar-refractivity contribution in [3.8, 4) is 11.4 Å². The van der Waals surface area contributed by atoms with Crippen LogP contribution in [0.4, 0.5) is 0 Å². The summed E-state index contributed by atoms with van der Waals surface area (Å²) in [7, 11) is 0. The highest BCUT2D eigenvalue weighted by Gasteiger charge is 2.39. The third-order valence-corrected chi connectivity index (χ3v) is 3.36. The lowest BCUT2D eigenvalue weighted by atomic mass is 9.87. The number of hydrogen-bond donors (Lipinski definition) is 1. The summed E-state index contributed by atoms with van der Waals surface area (Å²) in [5, 5.41) is 13.3. The summed E-state index contributed by atoms with van der Waals surface area (Å²) in [6.45, 7) is 1.19. The van der Waals surface area contributed by atoms with Crippen LogP contribution in [-0.4, -0.2) is 34.7 Å². The molecule has 100 valence electrons. The molecule has 19 heavy (non-hydrogen) atoms. The van der Waals surface area contributed by atoms with Crippen LogP contribution in [0.2, 0.25) is 0 Å². The molecule has 6 heteroatoms. The molecule has 3 rings (SSSR count). The van der Waals surface area contributed by atoms with Gasteiger partial charge in [-0.3, -0.25) is 9.09 Å². The first kappa shape index (κ1) is 12.1. The van der Waals surface area contributed by atoms with E-state index in [0.29, 0.717) is 25.6 Å². The van der Waals surface area contributed by atoms with Crippen LogP contribution in [0.3, 0.4) is 0 Å². The fourth-order valence-corrected chi connectivity index (χ4v) is 2.16. The monoisotopic (exact) mass is 262 g/mol. The Morgan fingerprint density at radius 3 is 2.63 bits per heavy atom. The summed E-state index contributed by atoms with van der Waals surface area (Å²) < 4.78 is 11.3. The number of benzene rings is 1. The Balaban J connectivity index is 1.98. The number of rotatable bonds is 4. The van der Waals surface area contributed by atoms with Gasteiger partial charge >= 0.3 is 5.76 Å². The van der Waals surface area contributed by atoms with E-state index in [1.165, 1.54) is 4.57 Å². The van der Waals surface area contributed by atoms with Crippen molar-refractivity contribution in [2.45, 2.75) is 6.54 Å². The second-order valence-corrected chi connectivity index (χ2v) is 4.88. The van der Waals surface area contributed by atoms with Gasteiger partial charge in [-0.15, -0.1) is 0 Å². The molecule has 1 aromatic carbocycles. The molecule has 2 aromatic rings. The second kappa shape index (κ2) is 4.64. The molecule has 1 saturated heterocycles. The van der Waals surface area contributed by atoms with E-state index >= 15 is 0 Å². The first-order valence-electron chi connectivity index (χ1n) is 6.05. The van der Waals surface area contributed by atoms with Gasteiger partial charge in [0.05, 0.1) is 25.2 Å². The van der Waals surface area contributed by atoms with Crippen molar-refractivity contribution >= 4 is 0 Å². The van der Waals surface area contributed by atoms with Crippen LogP contribution in [0.1, 0.15) is 0 Å². The number of aliphatic hydroxyl groups excluding tert-OH is 1. The highest BCUT2D eigenvalue weighted by atomic mass is 16.5. The Kier molecular flexibility index (Phi) is 2.96. The van der Waals surface area contributed by atoms with Crippen LogP contribution in [0.5, 0.6) is 0 Å². The first-order valence-corrected chi connectivity index (χ1v) is 6.05. The molecule has 0 aliphatic carbocycles. The fraction of sp³-hybridized carbons (Fsp3) is 0.385. The van der Waals surface area contributed by atoms with Crippen molar-refractivity contribution in [1.82, 2.24) is 9.72 Å². The number of hydrogen-bond acceptors (Lipinski definition) is 5. The maximum absolute atomic E-state index is 11.8. The molecule has 0 spiro atoms. The van der Waals surface area contributed by atoms with Gasteiger partial charge in [-0.2, -0.15) is 0 Å². The lowest BCUT2D eigenvalue weighted by molar-refractivity contribution is -0.145. The van der Waals surface area contributed by atoms with Gasteiger partial charge in [0.25, 0.3) is 0 Å². The third-order valence-electron chi connectivity index (χ3n) is 3.36. The zero-order chi connectivity index (χ0) is 13.3. The summed E-state index contributed by atoms with van der Waals surface area (Å²) in [4.78, 5) is 11.8. The molecular weight excluding hydrogens is 248 g/mol. The van der Waals surface area contributed by atoms with E-state index in [1.807, 2.05) is 30.3 Å². The van der Waals surface area contributed by atoms with E-state index in [4.69, 9.17) is 9.26 Å². The molecule has 1 aliphatic heterocycles. The van der Waals surface area contributed by atoms with Crippen molar-refractivity contribution in [1.29, 1.82) is 0 Å². The van der Waals surface area contributed by atoms with Crippen molar-refractivity contribution < 1.29 is 14.4 Å². The molecule has 1 N–H and O–H groups in total. The van der Waals surface area contributed by atoms with E-state index in [0.717, 1.165) is 5.56 Å². The van der Waals surface area contributed by atoms with Crippen molar-refractivity contribution in [2.75, 3.05) is 19.8 Å². The summed E-state index contributed by atoms with van der Waals surface area (Å²) in [6.07, 6.45) is 0. The maximum atomic E-state index is 11.8. The van der Waals surface area contributed by atoms with Gasteiger partial charge in [-0.25, -0.2) is 4.79 Å². The number of nitrogens with zero attached hydrogens (tertiary/aromatic N) is 2. The van der Waals surface area contributed by atoms with Gasteiger partial charge < -0.3 is 9.84 Å². The Bertz CT molecular complexity index is 608. The average molecular weight is 262 g/mol. The zero-order valence-corrected chi connectivity index (χ0v) is 10.3. The van der Waals surface area contributed by atoms with E-state index < -0.39 is 11.2 Å².